The van der Waals surface area contributed by atoms with E-state index < -0.39 is 18.3 Å². The number of benzene rings is 1. The number of hydrogen-bond donors (Lipinski definition) is 0. The molecular formula is C17H26Cl2NOTi. The van der Waals surface area contributed by atoms with Crippen LogP contribution in [0.3, 0.4) is 0 Å². The number of halogens is 2. The monoisotopic (exact) mass is 378 g/mol. The summed E-state index contributed by atoms with van der Waals surface area (Å²) in [5.41, 5.74) is 4.35. The number of nitrogens with zero attached hydrogens (tertiary/aromatic N) is 1. The Morgan fingerprint density at radius 1 is 1.18 bits per heavy atom. The molecule has 0 saturated heterocycles. The molecule has 0 atom stereocenters. The fourth-order valence-electron chi connectivity index (χ4n) is 2.67. The van der Waals surface area contributed by atoms with Crippen molar-refractivity contribution in [3.8, 4) is 0 Å². The van der Waals surface area contributed by atoms with Gasteiger partial charge in [0.15, 0.2) is 0 Å². The molecule has 0 N–H and O–H groups in total. The van der Waals surface area contributed by atoms with Gasteiger partial charge < -0.3 is 0 Å². The van der Waals surface area contributed by atoms with Crippen LogP contribution in [0.15, 0.2) is 42.0 Å². The summed E-state index contributed by atoms with van der Waals surface area (Å²) in [4.78, 5) is 2.24. The fourth-order valence-corrected chi connectivity index (χ4v) is 5.06. The summed E-state index contributed by atoms with van der Waals surface area (Å²) in [6.07, 6.45) is 5.61. The van der Waals surface area contributed by atoms with Gasteiger partial charge in [0.05, 0.1) is 0 Å². The van der Waals surface area contributed by atoms with Crippen molar-refractivity contribution in [3.63, 3.8) is 0 Å². The molecule has 0 saturated carbocycles. The molecule has 0 spiro atoms. The molecular weight excluding hydrogens is 353 g/mol. The van der Waals surface area contributed by atoms with Gasteiger partial charge in [-0.3, -0.25) is 0 Å². The van der Waals surface area contributed by atoms with Crippen molar-refractivity contribution in [2.24, 2.45) is 0 Å². The summed E-state index contributed by atoms with van der Waals surface area (Å²) in [5, 5.41) is 2.30. The van der Waals surface area contributed by atoms with Crippen molar-refractivity contribution in [1.82, 2.24) is 4.90 Å². The third kappa shape index (κ3) is 5.52. The molecule has 0 heterocycles. The van der Waals surface area contributed by atoms with E-state index >= 15 is 0 Å². The second-order valence-corrected chi connectivity index (χ2v) is 8.41. The first kappa shape index (κ1) is 21.9. The predicted octanol–water partition coefficient (Wildman–Crippen LogP) is 4.05. The molecule has 0 aliphatic heterocycles. The average Bonchev–Trinajstić information content (AvgIpc) is 2.86. The van der Waals surface area contributed by atoms with Crippen LogP contribution in [0.2, 0.25) is 5.23 Å². The van der Waals surface area contributed by atoms with Crippen LogP contribution in [0.5, 0.6) is 0 Å². The molecule has 1 aromatic carbocycles. The zero-order chi connectivity index (χ0) is 14.5. The Labute approximate surface area is 153 Å². The van der Waals surface area contributed by atoms with Gasteiger partial charge in [0.1, 0.15) is 0 Å². The maximum atomic E-state index is 5.96. The first-order chi connectivity index (χ1) is 9.63. The minimum atomic E-state index is -1.58. The molecule has 1 aliphatic carbocycles. The van der Waals surface area contributed by atoms with Crippen molar-refractivity contribution >= 4 is 34.3 Å². The minimum Gasteiger partial charge on any atom is -0.147 e. The molecule has 1 aromatic rings. The van der Waals surface area contributed by atoms with Crippen LogP contribution >= 0.6 is 24.8 Å². The Balaban J connectivity index is 0.00000220. The third-order valence-electron chi connectivity index (χ3n) is 3.51. The molecule has 0 unspecified atom stereocenters. The van der Waals surface area contributed by atoms with Gasteiger partial charge in [0, 0.05) is 0 Å². The Hall–Kier alpha value is -0.0857. The molecule has 0 amide bonds. The van der Waals surface area contributed by atoms with E-state index in [1.165, 1.54) is 20.6 Å². The number of hydrogen-bond acceptors (Lipinski definition) is 2. The maximum Gasteiger partial charge on any atom is -0.147 e. The molecule has 1 aliphatic rings. The molecule has 5 heteroatoms. The van der Waals surface area contributed by atoms with Gasteiger partial charge in [-0.2, -0.15) is 0 Å². The second-order valence-electron chi connectivity index (χ2n) is 5.38. The zero-order valence-corrected chi connectivity index (χ0v) is 17.0. The van der Waals surface area contributed by atoms with Crippen LogP contribution in [0, 0.1) is 0 Å². The van der Waals surface area contributed by atoms with E-state index in [-0.39, 0.29) is 24.8 Å². The van der Waals surface area contributed by atoms with E-state index in [1.54, 1.807) is 0 Å². The minimum absolute atomic E-state index is 0. The van der Waals surface area contributed by atoms with Crippen molar-refractivity contribution in [2.75, 3.05) is 27.2 Å². The second kappa shape index (κ2) is 10.6. The van der Waals surface area contributed by atoms with Gasteiger partial charge in [-0.15, -0.1) is 24.8 Å². The zero-order valence-electron chi connectivity index (χ0n) is 13.8. The van der Waals surface area contributed by atoms with Gasteiger partial charge in [-0.05, 0) is 0 Å². The molecule has 0 fully saturated rings. The van der Waals surface area contributed by atoms with Crippen LogP contribution in [-0.4, -0.2) is 32.1 Å². The van der Waals surface area contributed by atoms with Gasteiger partial charge in [-0.1, -0.05) is 0 Å². The van der Waals surface area contributed by atoms with Crippen molar-refractivity contribution in [2.45, 2.75) is 18.6 Å². The standard InChI is InChI=1S/C14H16N.C2H5O.CH3.2ClH.Ti/c1-15(2)11-13-9-6-10-14(13)12-7-4-3-5-8-12;1-2-3;;;;/h3-7,9H,10-11H2,1-2H3;2H2,1H3;1H3;2*1H;/q;-1;;;;+1. The van der Waals surface area contributed by atoms with Gasteiger partial charge in [-0.25, -0.2) is 0 Å². The summed E-state index contributed by atoms with van der Waals surface area (Å²) < 4.78 is 7.42. The number of rotatable bonds is 6. The summed E-state index contributed by atoms with van der Waals surface area (Å²) in [7, 11) is 4.25. The van der Waals surface area contributed by atoms with Gasteiger partial charge in [0.2, 0.25) is 0 Å². The molecule has 0 aromatic heterocycles. The Morgan fingerprint density at radius 3 is 2.50 bits per heavy atom. The van der Waals surface area contributed by atoms with E-state index in [1.807, 2.05) is 0 Å². The molecule has 0 bridgehead atoms. The Bertz CT molecular complexity index is 529. The summed E-state index contributed by atoms with van der Waals surface area (Å²) in [6.45, 7) is 3.92. The number of allylic oxidation sites excluding steroid dienone is 2. The predicted molar refractivity (Wildman–Crippen MR) is 97.3 cm³/mol. The molecule has 0 radical (unpaired) electrons. The topological polar surface area (TPSA) is 12.5 Å². The van der Waals surface area contributed by atoms with Crippen molar-refractivity contribution in [1.29, 1.82) is 0 Å². The maximum absolute atomic E-state index is 5.96. The quantitative estimate of drug-likeness (QED) is 0.692. The van der Waals surface area contributed by atoms with Crippen LogP contribution in [0.1, 0.15) is 18.9 Å². The first-order valence-electron chi connectivity index (χ1n) is 7.23. The first-order valence-corrected chi connectivity index (χ1v) is 10.2. The summed E-state index contributed by atoms with van der Waals surface area (Å²) in [6, 6.07) is 8.82. The summed E-state index contributed by atoms with van der Waals surface area (Å²) in [5.74, 6) is 0. The van der Waals surface area contributed by atoms with Crippen LogP contribution < -0.4 is 3.87 Å². The van der Waals surface area contributed by atoms with Crippen LogP contribution in [0.25, 0.3) is 5.57 Å². The third-order valence-corrected chi connectivity index (χ3v) is 6.50. The largest absolute Gasteiger partial charge is 0.147 e. The molecule has 22 heavy (non-hydrogen) atoms. The van der Waals surface area contributed by atoms with Gasteiger partial charge in [0.25, 0.3) is 0 Å². The smallest absolute Gasteiger partial charge is 0.147 e. The summed E-state index contributed by atoms with van der Waals surface area (Å²) >= 11 is -1.58. The van der Waals surface area contributed by atoms with E-state index in [0.717, 1.165) is 19.6 Å². The van der Waals surface area contributed by atoms with E-state index in [9.17, 15) is 0 Å². The molecule has 2 rings (SSSR count). The van der Waals surface area contributed by atoms with Crippen LogP contribution in [0.4, 0.5) is 0 Å². The molecule has 2 nitrogen and oxygen atoms in total. The van der Waals surface area contributed by atoms with E-state index in [0.29, 0.717) is 0 Å². The van der Waals surface area contributed by atoms with Gasteiger partial charge >= 0.3 is 129 Å². The van der Waals surface area contributed by atoms with E-state index in [4.69, 9.17) is 3.32 Å². The SMILES string of the molecule is CC[O][Ti]([CH3])[c]1ccccc1C1=C(CN(C)C)C=CC1.Cl.Cl. The Morgan fingerprint density at radius 2 is 1.86 bits per heavy atom. The average molecular weight is 379 g/mol. The Kier molecular flexibility index (Phi) is 10.6. The molecule has 123 valence electrons. The fraction of sp³-hybridized carbons (Fsp3) is 0.412. The van der Waals surface area contributed by atoms with E-state index in [2.05, 4.69) is 67.6 Å². The number of likely N-dealkylation sites (N-methyl/N-ethyl adjacent to an activating group) is 1. The van der Waals surface area contributed by atoms with Crippen molar-refractivity contribution < 1.29 is 21.6 Å². The van der Waals surface area contributed by atoms with Crippen LogP contribution in [-0.2, 0) is 21.6 Å². The van der Waals surface area contributed by atoms with Crippen molar-refractivity contribution in [3.05, 3.63) is 47.6 Å². The normalized spacial score (nSPS) is 13.1.